The molecule has 0 radical (unpaired) electrons. The number of ether oxygens (including phenoxy) is 1. The number of esters is 1. The molecule has 0 N–H and O–H groups in total. The van der Waals surface area contributed by atoms with Crippen LogP contribution in [0.5, 0.6) is 0 Å². The van der Waals surface area contributed by atoms with E-state index in [4.69, 9.17) is 16.3 Å². The average Bonchev–Trinajstić information content (AvgIpc) is 2.55. The van der Waals surface area contributed by atoms with Crippen LogP contribution in [0.3, 0.4) is 0 Å². The summed E-state index contributed by atoms with van der Waals surface area (Å²) in [6.07, 6.45) is -5.31. The largest absolute Gasteiger partial charge is 0.453 e. The van der Waals surface area contributed by atoms with Crippen LogP contribution in [0.15, 0.2) is 47.4 Å². The molecule has 0 amide bonds. The Morgan fingerprint density at radius 1 is 1.15 bits per heavy atom. The first-order chi connectivity index (χ1) is 12.1. The summed E-state index contributed by atoms with van der Waals surface area (Å²) in [6, 6.07) is 7.21. The van der Waals surface area contributed by atoms with Gasteiger partial charge in [-0.2, -0.15) is 13.2 Å². The molecule has 0 saturated heterocycles. The highest BCUT2D eigenvalue weighted by Gasteiger charge is 2.31. The van der Waals surface area contributed by atoms with E-state index >= 15 is 0 Å². The molecule has 5 nitrogen and oxygen atoms in total. The number of benzene rings is 1. The van der Waals surface area contributed by atoms with Crippen molar-refractivity contribution in [1.29, 1.82) is 0 Å². The number of rotatable bonds is 5. The van der Waals surface area contributed by atoms with Crippen LogP contribution in [0.25, 0.3) is 0 Å². The van der Waals surface area contributed by atoms with E-state index in [2.05, 4.69) is 0 Å². The Hall–Kier alpha value is -2.61. The van der Waals surface area contributed by atoms with Gasteiger partial charge in [0.2, 0.25) is 5.78 Å². The Balaban J connectivity index is 2.07. The fraction of sp³-hybridized carbons (Fsp3) is 0.235. The fourth-order valence-corrected chi connectivity index (χ4v) is 2.22. The number of Topliss-reactive ketones (excluding diaryl/α,β-unsaturated/α-hetero) is 1. The summed E-state index contributed by atoms with van der Waals surface area (Å²) in [5.41, 5.74) is -1.62. The predicted octanol–water partition coefficient (Wildman–Crippen LogP) is 3.34. The number of carbonyl (C=O) groups is 2. The highest BCUT2D eigenvalue weighted by Crippen LogP contribution is 2.28. The Morgan fingerprint density at radius 3 is 2.35 bits per heavy atom. The first kappa shape index (κ1) is 19.7. The highest BCUT2D eigenvalue weighted by molar-refractivity contribution is 6.30. The molecule has 0 saturated carbocycles. The molecule has 0 aliphatic carbocycles. The van der Waals surface area contributed by atoms with Gasteiger partial charge in [-0.25, -0.2) is 0 Å². The molecule has 0 aliphatic heterocycles. The molecule has 1 heterocycles. The molecule has 0 spiro atoms. The van der Waals surface area contributed by atoms with Crippen molar-refractivity contribution in [3.05, 3.63) is 69.1 Å². The van der Waals surface area contributed by atoms with Crippen molar-refractivity contribution < 1.29 is 27.5 Å². The molecule has 1 aromatic carbocycles. The number of ketones is 1. The predicted molar refractivity (Wildman–Crippen MR) is 87.0 cm³/mol. The lowest BCUT2D eigenvalue weighted by Crippen LogP contribution is -2.30. The van der Waals surface area contributed by atoms with Gasteiger partial charge in [-0.1, -0.05) is 11.6 Å². The zero-order valence-corrected chi connectivity index (χ0v) is 14.2. The summed E-state index contributed by atoms with van der Waals surface area (Å²) < 4.78 is 43.5. The van der Waals surface area contributed by atoms with Gasteiger partial charge >= 0.3 is 12.1 Å². The Morgan fingerprint density at radius 2 is 1.77 bits per heavy atom. The molecule has 0 bridgehead atoms. The molecular weight excluding hydrogens is 375 g/mol. The molecule has 1 unspecified atom stereocenters. The standard InChI is InChI=1S/C17H13ClF3NO4/c1-10(16(25)11-2-5-13(18)6-3-11)26-15(24)9-22-8-12(17(19,20)21)4-7-14(22)23/h2-8,10H,9H2,1H3. The molecular formula is C17H13ClF3NO4. The Labute approximate surface area is 151 Å². The van der Waals surface area contributed by atoms with Crippen molar-refractivity contribution in [2.45, 2.75) is 25.7 Å². The van der Waals surface area contributed by atoms with E-state index in [1.807, 2.05) is 0 Å². The van der Waals surface area contributed by atoms with Crippen molar-refractivity contribution in [2.24, 2.45) is 0 Å². The van der Waals surface area contributed by atoms with Crippen LogP contribution in [0.2, 0.25) is 5.02 Å². The number of alkyl halides is 3. The first-order valence-corrected chi connectivity index (χ1v) is 7.72. The lowest BCUT2D eigenvalue weighted by Gasteiger charge is -2.14. The molecule has 2 aromatic rings. The third-order valence-electron chi connectivity index (χ3n) is 3.42. The van der Waals surface area contributed by atoms with Crippen molar-refractivity contribution >= 4 is 23.4 Å². The van der Waals surface area contributed by atoms with Crippen molar-refractivity contribution in [3.8, 4) is 0 Å². The Kier molecular flexibility index (Phi) is 5.86. The molecule has 9 heteroatoms. The second kappa shape index (κ2) is 7.74. The fourth-order valence-electron chi connectivity index (χ4n) is 2.10. The minimum Gasteiger partial charge on any atom is -0.453 e. The summed E-state index contributed by atoms with van der Waals surface area (Å²) in [4.78, 5) is 35.7. The number of halogens is 4. The maximum Gasteiger partial charge on any atom is 0.417 e. The van der Waals surface area contributed by atoms with Crippen molar-refractivity contribution in [3.63, 3.8) is 0 Å². The minimum atomic E-state index is -4.66. The Bertz CT molecular complexity index is 875. The van der Waals surface area contributed by atoms with Crippen molar-refractivity contribution in [1.82, 2.24) is 4.57 Å². The monoisotopic (exact) mass is 387 g/mol. The van der Waals surface area contributed by atoms with E-state index in [9.17, 15) is 27.6 Å². The van der Waals surface area contributed by atoms with Gasteiger partial charge in [0.1, 0.15) is 6.54 Å². The number of carbonyl (C=O) groups excluding carboxylic acids is 2. The number of pyridine rings is 1. The SMILES string of the molecule is CC(OC(=O)Cn1cc(C(F)(F)F)ccc1=O)C(=O)c1ccc(Cl)cc1. The van der Waals surface area contributed by atoms with Gasteiger partial charge in [0.15, 0.2) is 6.10 Å². The molecule has 138 valence electrons. The normalized spacial score (nSPS) is 12.5. The van der Waals surface area contributed by atoms with E-state index in [-0.39, 0.29) is 5.56 Å². The number of hydrogen-bond acceptors (Lipinski definition) is 4. The molecule has 2 rings (SSSR count). The maximum atomic E-state index is 12.7. The molecule has 26 heavy (non-hydrogen) atoms. The summed E-state index contributed by atoms with van der Waals surface area (Å²) in [5, 5.41) is 0.426. The third kappa shape index (κ3) is 4.95. The van der Waals surface area contributed by atoms with Crippen LogP contribution < -0.4 is 5.56 Å². The lowest BCUT2D eigenvalue weighted by molar-refractivity contribution is -0.147. The zero-order valence-electron chi connectivity index (χ0n) is 13.4. The van der Waals surface area contributed by atoms with E-state index in [0.29, 0.717) is 27.9 Å². The van der Waals surface area contributed by atoms with Gasteiger partial charge in [-0.05, 0) is 37.3 Å². The summed E-state index contributed by atoms with van der Waals surface area (Å²) in [7, 11) is 0. The van der Waals surface area contributed by atoms with Crippen LogP contribution in [-0.2, 0) is 22.3 Å². The quantitative estimate of drug-likeness (QED) is 0.583. The molecule has 1 aromatic heterocycles. The minimum absolute atomic E-state index is 0.255. The van der Waals surface area contributed by atoms with Crippen LogP contribution in [0.4, 0.5) is 13.2 Å². The van der Waals surface area contributed by atoms with Crippen LogP contribution in [0, 0.1) is 0 Å². The third-order valence-corrected chi connectivity index (χ3v) is 3.67. The highest BCUT2D eigenvalue weighted by atomic mass is 35.5. The first-order valence-electron chi connectivity index (χ1n) is 7.35. The zero-order chi connectivity index (χ0) is 19.5. The number of hydrogen-bond donors (Lipinski definition) is 0. The van der Waals surface area contributed by atoms with E-state index in [0.717, 1.165) is 0 Å². The number of aromatic nitrogens is 1. The lowest BCUT2D eigenvalue weighted by atomic mass is 10.1. The van der Waals surface area contributed by atoms with E-state index in [1.165, 1.54) is 31.2 Å². The van der Waals surface area contributed by atoms with Crippen molar-refractivity contribution in [2.75, 3.05) is 0 Å². The topological polar surface area (TPSA) is 65.4 Å². The molecule has 1 atom stereocenters. The van der Waals surface area contributed by atoms with Gasteiger partial charge in [0.25, 0.3) is 5.56 Å². The van der Waals surface area contributed by atoms with E-state index in [1.54, 1.807) is 0 Å². The number of nitrogens with zero attached hydrogens (tertiary/aromatic N) is 1. The van der Waals surface area contributed by atoms with E-state index < -0.39 is 41.7 Å². The van der Waals surface area contributed by atoms with Crippen LogP contribution in [-0.4, -0.2) is 22.4 Å². The molecule has 0 aliphatic rings. The second-order valence-electron chi connectivity index (χ2n) is 5.38. The van der Waals surface area contributed by atoms with Gasteiger partial charge in [-0.15, -0.1) is 0 Å². The van der Waals surface area contributed by atoms with Gasteiger partial charge < -0.3 is 9.30 Å². The molecule has 0 fully saturated rings. The summed E-state index contributed by atoms with van der Waals surface area (Å²) >= 11 is 5.72. The van der Waals surface area contributed by atoms with Gasteiger partial charge in [-0.3, -0.25) is 14.4 Å². The van der Waals surface area contributed by atoms with Gasteiger partial charge in [0.05, 0.1) is 5.56 Å². The second-order valence-corrected chi connectivity index (χ2v) is 5.82. The van der Waals surface area contributed by atoms with Crippen LogP contribution >= 0.6 is 11.6 Å². The summed E-state index contributed by atoms with van der Waals surface area (Å²) in [5.74, 6) is -1.52. The van der Waals surface area contributed by atoms with Gasteiger partial charge in [0, 0.05) is 22.8 Å². The van der Waals surface area contributed by atoms with Crippen LogP contribution in [0.1, 0.15) is 22.8 Å². The maximum absolute atomic E-state index is 12.7. The average molecular weight is 388 g/mol. The smallest absolute Gasteiger partial charge is 0.417 e. The summed E-state index contributed by atoms with van der Waals surface area (Å²) in [6.45, 7) is 0.574.